The molecule has 1 aliphatic carbocycles. The monoisotopic (exact) mass is 368 g/mol. The van der Waals surface area contributed by atoms with Crippen molar-refractivity contribution in [2.24, 2.45) is 5.92 Å². The zero-order chi connectivity index (χ0) is 15.0. The number of nitrogens with zero attached hydrogens (tertiary/aromatic N) is 1. The summed E-state index contributed by atoms with van der Waals surface area (Å²) in [5, 5.41) is 3.54. The molecule has 0 aromatic carbocycles. The van der Waals surface area contributed by atoms with Crippen LogP contribution in [0, 0.1) is 5.92 Å². The molecule has 0 amide bonds. The third-order valence-electron chi connectivity index (χ3n) is 4.09. The topological polar surface area (TPSA) is 49.4 Å². The van der Waals surface area contributed by atoms with E-state index >= 15 is 0 Å². The minimum atomic E-state index is -3.51. The van der Waals surface area contributed by atoms with E-state index in [9.17, 15) is 8.42 Å². The fourth-order valence-electron chi connectivity index (χ4n) is 2.60. The summed E-state index contributed by atoms with van der Waals surface area (Å²) in [5.74, 6) is 0.846. The highest BCUT2D eigenvalue weighted by Gasteiger charge is 2.32. The molecular formula is C13H18Cl2N2O2S2. The van der Waals surface area contributed by atoms with Crippen molar-refractivity contribution in [3.63, 3.8) is 0 Å². The summed E-state index contributed by atoms with van der Waals surface area (Å²) in [6.07, 6.45) is 4.36. The summed E-state index contributed by atoms with van der Waals surface area (Å²) in [5.41, 5.74) is 0. The first-order valence-corrected chi connectivity index (χ1v) is 10.2. The summed E-state index contributed by atoms with van der Waals surface area (Å²) >= 11 is 12.9. The molecule has 0 unspecified atom stereocenters. The van der Waals surface area contributed by atoms with Crippen molar-refractivity contribution in [2.75, 3.05) is 19.6 Å². The van der Waals surface area contributed by atoms with Gasteiger partial charge in [-0.15, -0.1) is 11.3 Å². The van der Waals surface area contributed by atoms with Gasteiger partial charge < -0.3 is 5.32 Å². The molecule has 0 spiro atoms. The van der Waals surface area contributed by atoms with E-state index in [1.807, 2.05) is 0 Å². The summed E-state index contributed by atoms with van der Waals surface area (Å²) in [6.45, 7) is 2.15. The quantitative estimate of drug-likeness (QED) is 0.867. The third-order valence-corrected chi connectivity index (χ3v) is 7.74. The second-order valence-electron chi connectivity index (χ2n) is 5.72. The van der Waals surface area contributed by atoms with E-state index in [2.05, 4.69) is 5.32 Å². The Morgan fingerprint density at radius 1 is 1.24 bits per heavy atom. The number of rotatable bonds is 5. The van der Waals surface area contributed by atoms with E-state index in [0.29, 0.717) is 23.5 Å². The lowest BCUT2D eigenvalue weighted by molar-refractivity contribution is 0.288. The fourth-order valence-corrected chi connectivity index (χ4v) is 6.18. The molecule has 4 nitrogen and oxygen atoms in total. The van der Waals surface area contributed by atoms with Crippen LogP contribution in [0.15, 0.2) is 11.0 Å². The van der Waals surface area contributed by atoms with Crippen LogP contribution in [0.2, 0.25) is 8.67 Å². The number of nitrogens with one attached hydrogen (secondary N) is 1. The second-order valence-corrected chi connectivity index (χ2v) is 9.91. The van der Waals surface area contributed by atoms with E-state index in [1.165, 1.54) is 23.2 Å². The Bertz CT molecular complexity index is 606. The summed E-state index contributed by atoms with van der Waals surface area (Å²) in [4.78, 5) is 0.142. The van der Waals surface area contributed by atoms with Crippen molar-refractivity contribution in [1.29, 1.82) is 0 Å². The van der Waals surface area contributed by atoms with E-state index in [1.54, 1.807) is 0 Å². The highest BCUT2D eigenvalue weighted by molar-refractivity contribution is 7.89. The lowest BCUT2D eigenvalue weighted by Gasteiger charge is -2.31. The van der Waals surface area contributed by atoms with Gasteiger partial charge >= 0.3 is 0 Å². The summed E-state index contributed by atoms with van der Waals surface area (Å²) in [6, 6.07) is 1.87. The van der Waals surface area contributed by atoms with Crippen molar-refractivity contribution in [3.05, 3.63) is 14.7 Å². The SMILES string of the molecule is O=S(=O)(c1cc(Cl)sc1Cl)N1CCC(NCC2CC2)CC1. The molecule has 0 radical (unpaired) electrons. The molecular weight excluding hydrogens is 351 g/mol. The van der Waals surface area contributed by atoms with Crippen molar-refractivity contribution < 1.29 is 8.42 Å². The average Bonchev–Trinajstić information content (AvgIpc) is 3.21. The molecule has 1 aliphatic heterocycles. The molecule has 1 aromatic heterocycles. The summed E-state index contributed by atoms with van der Waals surface area (Å²) in [7, 11) is -3.51. The van der Waals surface area contributed by atoms with Crippen LogP contribution in [0.5, 0.6) is 0 Å². The van der Waals surface area contributed by atoms with Crippen molar-refractivity contribution in [1.82, 2.24) is 9.62 Å². The highest BCUT2D eigenvalue weighted by Crippen LogP contribution is 2.36. The smallest absolute Gasteiger partial charge is 0.245 e. The number of hydrogen-bond acceptors (Lipinski definition) is 4. The van der Waals surface area contributed by atoms with Crippen LogP contribution < -0.4 is 5.32 Å². The van der Waals surface area contributed by atoms with Gasteiger partial charge in [-0.3, -0.25) is 0 Å². The zero-order valence-electron chi connectivity index (χ0n) is 11.5. The fraction of sp³-hybridized carbons (Fsp3) is 0.692. The largest absolute Gasteiger partial charge is 0.314 e. The van der Waals surface area contributed by atoms with E-state index < -0.39 is 10.0 Å². The number of hydrogen-bond donors (Lipinski definition) is 1. The van der Waals surface area contributed by atoms with Gasteiger partial charge in [0, 0.05) is 19.1 Å². The van der Waals surface area contributed by atoms with Gasteiger partial charge in [0.05, 0.1) is 4.34 Å². The van der Waals surface area contributed by atoms with Crippen molar-refractivity contribution in [2.45, 2.75) is 36.6 Å². The molecule has 118 valence electrons. The number of thiophene rings is 1. The average molecular weight is 369 g/mol. The van der Waals surface area contributed by atoms with Gasteiger partial charge in [-0.25, -0.2) is 8.42 Å². The molecule has 1 aromatic rings. The van der Waals surface area contributed by atoms with Crippen LogP contribution in [0.4, 0.5) is 0 Å². The molecule has 2 heterocycles. The Hall–Kier alpha value is 0.150. The molecule has 2 fully saturated rings. The standard InChI is InChI=1S/C13H18Cl2N2O2S2/c14-12-7-11(13(15)20-12)21(18,19)17-5-3-10(4-6-17)16-8-9-1-2-9/h7,9-10,16H,1-6,8H2. The van der Waals surface area contributed by atoms with Crippen LogP contribution in [0.3, 0.4) is 0 Å². The molecule has 0 bridgehead atoms. The van der Waals surface area contributed by atoms with Crippen molar-refractivity contribution >= 4 is 44.6 Å². The first-order chi connectivity index (χ1) is 9.96. The van der Waals surface area contributed by atoms with Gasteiger partial charge in [-0.1, -0.05) is 23.2 Å². The van der Waals surface area contributed by atoms with Gasteiger partial charge in [0.15, 0.2) is 0 Å². The van der Waals surface area contributed by atoms with Crippen LogP contribution >= 0.6 is 34.5 Å². The molecule has 1 N–H and O–H groups in total. The minimum absolute atomic E-state index is 0.142. The second kappa shape index (κ2) is 6.34. The molecule has 21 heavy (non-hydrogen) atoms. The maximum Gasteiger partial charge on any atom is 0.245 e. The normalized spacial score (nSPS) is 21.8. The molecule has 3 rings (SSSR count). The Kier molecular flexibility index (Phi) is 4.83. The maximum atomic E-state index is 12.6. The Morgan fingerprint density at radius 3 is 2.43 bits per heavy atom. The molecule has 2 aliphatic rings. The first-order valence-electron chi connectivity index (χ1n) is 7.15. The van der Waals surface area contributed by atoms with Gasteiger partial charge in [-0.2, -0.15) is 4.31 Å². The third kappa shape index (κ3) is 3.74. The Morgan fingerprint density at radius 2 is 1.90 bits per heavy atom. The lowest BCUT2D eigenvalue weighted by Crippen LogP contribution is -2.45. The highest BCUT2D eigenvalue weighted by atomic mass is 35.5. The molecule has 0 atom stereocenters. The predicted octanol–water partition coefficient (Wildman–Crippen LogP) is 3.21. The lowest BCUT2D eigenvalue weighted by atomic mass is 10.1. The minimum Gasteiger partial charge on any atom is -0.314 e. The van der Waals surface area contributed by atoms with E-state index in [4.69, 9.17) is 23.2 Å². The maximum absolute atomic E-state index is 12.6. The van der Waals surface area contributed by atoms with Gasteiger partial charge in [0.1, 0.15) is 9.23 Å². The van der Waals surface area contributed by atoms with Crippen LogP contribution in [-0.2, 0) is 10.0 Å². The molecule has 8 heteroatoms. The summed E-state index contributed by atoms with van der Waals surface area (Å²) < 4.78 is 27.3. The number of halogens is 2. The Labute approximate surface area is 139 Å². The zero-order valence-corrected chi connectivity index (χ0v) is 14.7. The van der Waals surface area contributed by atoms with Crippen LogP contribution in [0.25, 0.3) is 0 Å². The van der Waals surface area contributed by atoms with Crippen LogP contribution in [0.1, 0.15) is 25.7 Å². The first kappa shape index (κ1) is 16.0. The van der Waals surface area contributed by atoms with Gasteiger partial charge in [0.2, 0.25) is 10.0 Å². The van der Waals surface area contributed by atoms with Gasteiger partial charge in [0.25, 0.3) is 0 Å². The number of piperidine rings is 1. The molecule has 1 saturated heterocycles. The Balaban J connectivity index is 1.61. The predicted molar refractivity (Wildman–Crippen MR) is 86.8 cm³/mol. The van der Waals surface area contributed by atoms with Crippen LogP contribution in [-0.4, -0.2) is 38.4 Å². The van der Waals surface area contributed by atoms with Crippen molar-refractivity contribution in [3.8, 4) is 0 Å². The van der Waals surface area contributed by atoms with E-state index in [-0.39, 0.29) is 9.23 Å². The van der Waals surface area contributed by atoms with E-state index in [0.717, 1.165) is 36.6 Å². The van der Waals surface area contributed by atoms with Gasteiger partial charge in [-0.05, 0) is 44.2 Å². The number of sulfonamides is 1. The molecule has 1 saturated carbocycles.